The molecular weight excluding hydrogens is 417 g/mol. The van der Waals surface area contributed by atoms with E-state index in [9.17, 15) is 14.0 Å². The molecule has 3 heterocycles. The first kappa shape index (κ1) is 20.0. The molecule has 1 amide bonds. The average Bonchev–Trinajstić information content (AvgIpc) is 3.30. The summed E-state index contributed by atoms with van der Waals surface area (Å²) in [6.07, 6.45) is 1.53. The first-order chi connectivity index (χ1) is 14.8. The van der Waals surface area contributed by atoms with Gasteiger partial charge in [0.1, 0.15) is 17.4 Å². The fourth-order valence-corrected chi connectivity index (χ4v) is 5.15. The van der Waals surface area contributed by atoms with Crippen molar-refractivity contribution < 1.29 is 14.0 Å². The Kier molecular flexibility index (Phi) is 4.55. The van der Waals surface area contributed by atoms with E-state index in [1.807, 2.05) is 13.8 Å². The molecule has 1 unspecified atom stereocenters. The molecule has 1 aliphatic heterocycles. The van der Waals surface area contributed by atoms with Gasteiger partial charge in [0.05, 0.1) is 22.8 Å². The third-order valence-electron chi connectivity index (χ3n) is 6.38. The maximum absolute atomic E-state index is 13.3. The van der Waals surface area contributed by atoms with Gasteiger partial charge in [0.2, 0.25) is 0 Å². The number of ketones is 1. The molecule has 5 rings (SSSR count). The lowest BCUT2D eigenvalue weighted by Crippen LogP contribution is -2.42. The summed E-state index contributed by atoms with van der Waals surface area (Å²) in [5.74, 6) is 0.958. The van der Waals surface area contributed by atoms with E-state index in [4.69, 9.17) is 4.98 Å². The Labute approximate surface area is 183 Å². The van der Waals surface area contributed by atoms with Gasteiger partial charge in [0.25, 0.3) is 5.91 Å². The van der Waals surface area contributed by atoms with Gasteiger partial charge in [-0.25, -0.2) is 14.4 Å². The van der Waals surface area contributed by atoms with E-state index in [0.29, 0.717) is 30.3 Å². The molecule has 1 aliphatic carbocycles. The van der Waals surface area contributed by atoms with Crippen LogP contribution < -0.4 is 0 Å². The highest BCUT2D eigenvalue weighted by Crippen LogP contribution is 2.52. The molecule has 1 atom stereocenters. The number of aryl methyl sites for hydroxylation is 1. The number of fused-ring (bicyclic) bond motifs is 1. The quantitative estimate of drug-likeness (QED) is 0.619. The number of imidazole rings is 1. The zero-order chi connectivity index (χ0) is 21.9. The van der Waals surface area contributed by atoms with Crippen molar-refractivity contribution >= 4 is 23.2 Å². The number of rotatable bonds is 4. The zero-order valence-corrected chi connectivity index (χ0v) is 18.4. The van der Waals surface area contributed by atoms with Crippen molar-refractivity contribution in [2.24, 2.45) is 0 Å². The molecule has 1 aromatic carbocycles. The molecule has 160 valence electrons. The molecule has 2 aromatic heterocycles. The number of Topliss-reactive ketones (excluding diaryl/α,β-unsaturated/α-hetero) is 1. The molecule has 0 N–H and O–H groups in total. The minimum Gasteiger partial charge on any atom is -0.329 e. The number of carbonyl (C=O) groups excluding carboxylic acids is 2. The van der Waals surface area contributed by atoms with E-state index in [2.05, 4.69) is 13.9 Å². The summed E-state index contributed by atoms with van der Waals surface area (Å²) in [4.78, 5) is 37.0. The van der Waals surface area contributed by atoms with Crippen LogP contribution in [0.3, 0.4) is 0 Å². The standard InChI is InChI=1S/C22H22FN5O2S/c1-12-17-18(22(8-9-22)13(2)29)25-19(20-24-14(3)26-31-20)28(17)11-10-27(12)21(30)15-4-6-16(23)7-5-15/h4-7,12H,8-11H2,1-3H3. The lowest BCUT2D eigenvalue weighted by molar-refractivity contribution is -0.119. The van der Waals surface area contributed by atoms with Crippen molar-refractivity contribution in [1.29, 1.82) is 0 Å². The highest BCUT2D eigenvalue weighted by Gasteiger charge is 2.54. The lowest BCUT2D eigenvalue weighted by Gasteiger charge is -2.36. The van der Waals surface area contributed by atoms with Gasteiger partial charge >= 0.3 is 0 Å². The van der Waals surface area contributed by atoms with Crippen LogP contribution in [0.1, 0.15) is 60.3 Å². The van der Waals surface area contributed by atoms with Crippen LogP contribution in [0.15, 0.2) is 24.3 Å². The molecule has 0 bridgehead atoms. The molecule has 9 heteroatoms. The average molecular weight is 440 g/mol. The Morgan fingerprint density at radius 3 is 2.45 bits per heavy atom. The first-order valence-corrected chi connectivity index (χ1v) is 11.1. The Bertz CT molecular complexity index is 1200. The van der Waals surface area contributed by atoms with Crippen LogP contribution >= 0.6 is 11.5 Å². The van der Waals surface area contributed by atoms with E-state index >= 15 is 0 Å². The molecule has 2 aliphatic rings. The summed E-state index contributed by atoms with van der Waals surface area (Å²) in [6.45, 7) is 6.44. The topological polar surface area (TPSA) is 81.0 Å². The summed E-state index contributed by atoms with van der Waals surface area (Å²) < 4.78 is 19.7. The SMILES string of the molecule is CC(=O)C1(c2nc(-c3nc(C)ns3)n3c2C(C)N(C(=O)c2ccc(F)cc2)CC3)CC1. The second kappa shape index (κ2) is 7.05. The minimum absolute atomic E-state index is 0.0996. The lowest BCUT2D eigenvalue weighted by atomic mass is 9.93. The number of carbonyl (C=O) groups is 2. The Morgan fingerprint density at radius 1 is 1.16 bits per heavy atom. The van der Waals surface area contributed by atoms with Gasteiger partial charge in [0.15, 0.2) is 10.8 Å². The maximum Gasteiger partial charge on any atom is 0.254 e. The summed E-state index contributed by atoms with van der Waals surface area (Å²) in [5, 5.41) is 0.717. The number of nitrogens with zero attached hydrogens (tertiary/aromatic N) is 5. The van der Waals surface area contributed by atoms with Crippen LogP contribution in [0, 0.1) is 12.7 Å². The van der Waals surface area contributed by atoms with Crippen molar-refractivity contribution in [3.05, 3.63) is 52.9 Å². The summed E-state index contributed by atoms with van der Waals surface area (Å²) in [5.41, 5.74) is 1.50. The molecule has 0 spiro atoms. The Morgan fingerprint density at radius 2 is 1.87 bits per heavy atom. The van der Waals surface area contributed by atoms with Gasteiger partial charge in [-0.05, 0) is 69.4 Å². The highest BCUT2D eigenvalue weighted by atomic mass is 32.1. The van der Waals surface area contributed by atoms with Crippen LogP contribution in [-0.4, -0.2) is 42.0 Å². The second-order valence-corrected chi connectivity index (χ2v) is 9.04. The van der Waals surface area contributed by atoms with Crippen LogP contribution in [0.4, 0.5) is 4.39 Å². The van der Waals surface area contributed by atoms with Crippen molar-refractivity contribution in [1.82, 2.24) is 23.8 Å². The number of halogens is 1. The van der Waals surface area contributed by atoms with Crippen molar-refractivity contribution in [2.75, 3.05) is 6.54 Å². The predicted molar refractivity (Wildman–Crippen MR) is 113 cm³/mol. The number of hydrogen-bond donors (Lipinski definition) is 0. The van der Waals surface area contributed by atoms with Crippen molar-refractivity contribution in [3.63, 3.8) is 0 Å². The van der Waals surface area contributed by atoms with E-state index in [1.54, 1.807) is 11.8 Å². The molecule has 31 heavy (non-hydrogen) atoms. The van der Waals surface area contributed by atoms with Crippen LogP contribution in [0.2, 0.25) is 0 Å². The smallest absolute Gasteiger partial charge is 0.254 e. The van der Waals surface area contributed by atoms with Gasteiger partial charge in [-0.1, -0.05) is 0 Å². The van der Waals surface area contributed by atoms with E-state index in [-0.39, 0.29) is 23.5 Å². The van der Waals surface area contributed by atoms with E-state index < -0.39 is 5.41 Å². The first-order valence-electron chi connectivity index (χ1n) is 10.3. The summed E-state index contributed by atoms with van der Waals surface area (Å²) in [6, 6.07) is 5.31. The molecule has 1 fully saturated rings. The van der Waals surface area contributed by atoms with Crippen molar-refractivity contribution in [2.45, 2.75) is 51.6 Å². The third kappa shape index (κ3) is 3.10. The number of benzene rings is 1. The molecule has 0 radical (unpaired) electrons. The van der Waals surface area contributed by atoms with Gasteiger partial charge in [-0.15, -0.1) is 0 Å². The fourth-order valence-electron chi connectivity index (χ4n) is 4.48. The molecule has 1 saturated carbocycles. The Balaban J connectivity index is 1.60. The van der Waals surface area contributed by atoms with Crippen LogP contribution in [0.5, 0.6) is 0 Å². The molecular formula is C22H22FN5O2S. The normalized spacial score (nSPS) is 19.2. The van der Waals surface area contributed by atoms with Crippen LogP contribution in [0.25, 0.3) is 10.8 Å². The van der Waals surface area contributed by atoms with Gasteiger partial charge in [-0.2, -0.15) is 4.37 Å². The highest BCUT2D eigenvalue weighted by molar-refractivity contribution is 7.09. The molecule has 3 aromatic rings. The number of amides is 1. The monoisotopic (exact) mass is 439 g/mol. The van der Waals surface area contributed by atoms with E-state index in [1.165, 1.54) is 35.8 Å². The second-order valence-electron chi connectivity index (χ2n) is 8.29. The van der Waals surface area contributed by atoms with Crippen molar-refractivity contribution in [3.8, 4) is 10.8 Å². The predicted octanol–water partition coefficient (Wildman–Crippen LogP) is 3.69. The minimum atomic E-state index is -0.578. The summed E-state index contributed by atoms with van der Waals surface area (Å²) in [7, 11) is 0. The maximum atomic E-state index is 13.3. The summed E-state index contributed by atoms with van der Waals surface area (Å²) >= 11 is 1.29. The van der Waals surface area contributed by atoms with Gasteiger partial charge in [0, 0.05) is 18.7 Å². The third-order valence-corrected chi connectivity index (χ3v) is 7.18. The van der Waals surface area contributed by atoms with Gasteiger partial charge in [-0.3, -0.25) is 9.59 Å². The van der Waals surface area contributed by atoms with Gasteiger partial charge < -0.3 is 9.47 Å². The fraction of sp³-hybridized carbons (Fsp3) is 0.409. The number of aromatic nitrogens is 4. The molecule has 7 nitrogen and oxygen atoms in total. The number of hydrogen-bond acceptors (Lipinski definition) is 6. The van der Waals surface area contributed by atoms with E-state index in [0.717, 1.165) is 29.2 Å². The largest absolute Gasteiger partial charge is 0.329 e. The molecule has 0 saturated heterocycles. The Hall–Kier alpha value is -2.94. The van der Waals surface area contributed by atoms with Crippen LogP contribution in [-0.2, 0) is 16.8 Å². The zero-order valence-electron chi connectivity index (χ0n) is 17.6.